The van der Waals surface area contributed by atoms with Gasteiger partial charge in [-0.05, 0) is 72.8 Å². The predicted octanol–water partition coefficient (Wildman–Crippen LogP) is 7.92. The van der Waals surface area contributed by atoms with Gasteiger partial charge in [0.1, 0.15) is 0 Å². The number of thiazole rings is 1. The predicted molar refractivity (Wildman–Crippen MR) is 144 cm³/mol. The van der Waals surface area contributed by atoms with E-state index in [9.17, 15) is 10.1 Å². The Hall–Kier alpha value is -3.06. The van der Waals surface area contributed by atoms with E-state index in [-0.39, 0.29) is 10.6 Å². The molecule has 1 fully saturated rings. The number of benzene rings is 2. The third kappa shape index (κ3) is 5.96. The number of rotatable bonds is 5. The summed E-state index contributed by atoms with van der Waals surface area (Å²) in [5.41, 5.74) is 5.53. The van der Waals surface area contributed by atoms with Crippen molar-refractivity contribution in [2.45, 2.75) is 66.2 Å². The summed E-state index contributed by atoms with van der Waals surface area (Å²) in [5.74, 6) is 1.17. The van der Waals surface area contributed by atoms with Gasteiger partial charge in [-0.15, -0.1) is 11.3 Å². The van der Waals surface area contributed by atoms with Crippen LogP contribution in [0.1, 0.15) is 71.8 Å². The molecular formula is C28H34N4O2S. The van der Waals surface area contributed by atoms with E-state index in [0.29, 0.717) is 17.3 Å². The number of nitrogens with zero attached hydrogens (tertiary/aromatic N) is 4. The Labute approximate surface area is 211 Å². The van der Waals surface area contributed by atoms with Crippen molar-refractivity contribution >= 4 is 28.4 Å². The molecule has 6 nitrogen and oxygen atoms in total. The Morgan fingerprint density at radius 3 is 2.20 bits per heavy atom. The second-order valence-corrected chi connectivity index (χ2v) is 11.5. The van der Waals surface area contributed by atoms with E-state index in [4.69, 9.17) is 10.1 Å². The van der Waals surface area contributed by atoms with Crippen LogP contribution >= 0.6 is 11.3 Å². The van der Waals surface area contributed by atoms with Crippen LogP contribution < -0.4 is 4.80 Å². The number of non-ortho nitro benzene ring substituents is 1. The minimum absolute atomic E-state index is 0.0810. The van der Waals surface area contributed by atoms with Crippen molar-refractivity contribution in [2.24, 2.45) is 21.4 Å². The molecule has 1 saturated carbocycles. The molecule has 4 rings (SSSR count). The summed E-state index contributed by atoms with van der Waals surface area (Å²) in [7, 11) is 0. The van der Waals surface area contributed by atoms with E-state index in [1.807, 2.05) is 22.2 Å². The van der Waals surface area contributed by atoms with Gasteiger partial charge in [0.25, 0.3) is 5.69 Å². The zero-order valence-corrected chi connectivity index (χ0v) is 22.0. The van der Waals surface area contributed by atoms with Gasteiger partial charge in [-0.2, -0.15) is 5.10 Å². The monoisotopic (exact) mass is 490 g/mol. The first-order valence-corrected chi connectivity index (χ1v) is 13.2. The second-order valence-electron chi connectivity index (χ2n) is 10.7. The molecule has 184 valence electrons. The molecular weight excluding hydrogens is 456 g/mol. The van der Waals surface area contributed by atoms with Gasteiger partial charge in [0.05, 0.1) is 16.3 Å². The van der Waals surface area contributed by atoms with Crippen LogP contribution in [0.2, 0.25) is 0 Å². The van der Waals surface area contributed by atoms with Gasteiger partial charge in [-0.3, -0.25) is 10.1 Å². The van der Waals surface area contributed by atoms with Crippen LogP contribution in [0.4, 0.5) is 11.4 Å². The zero-order chi connectivity index (χ0) is 25.2. The Kier molecular flexibility index (Phi) is 7.36. The molecule has 0 amide bonds. The number of hydrogen-bond donors (Lipinski definition) is 0. The smallest absolute Gasteiger partial charge is 0.258 e. The molecule has 35 heavy (non-hydrogen) atoms. The van der Waals surface area contributed by atoms with E-state index in [2.05, 4.69) is 46.8 Å². The normalized spacial score (nSPS) is 17.1. The third-order valence-corrected chi connectivity index (χ3v) is 7.69. The molecule has 0 unspecified atom stereocenters. The topological polar surface area (TPSA) is 72.8 Å². The van der Waals surface area contributed by atoms with Crippen LogP contribution in [0.15, 0.2) is 64.0 Å². The number of nitro benzene ring substituents is 1. The maximum atomic E-state index is 11.1. The van der Waals surface area contributed by atoms with Gasteiger partial charge in [-0.25, -0.2) is 9.67 Å². The van der Waals surface area contributed by atoms with Gasteiger partial charge in [0.15, 0.2) is 0 Å². The van der Waals surface area contributed by atoms with Crippen LogP contribution in [0.3, 0.4) is 0 Å². The fraction of sp³-hybridized carbons (Fsp3) is 0.429. The highest BCUT2D eigenvalue weighted by atomic mass is 32.1. The van der Waals surface area contributed by atoms with E-state index in [1.54, 1.807) is 24.3 Å². The van der Waals surface area contributed by atoms with Crippen LogP contribution in [0.25, 0.3) is 11.3 Å². The lowest BCUT2D eigenvalue weighted by molar-refractivity contribution is -0.384. The standard InChI is InChI=1S/C28H34N4O2S/c1-19(2)20-6-12-23(13-7-20)29-27-31(30-24-14-10-22(11-15-24)28(3,4)5)26(18-35-27)21-8-16-25(17-9-21)32(33)34/h6-9,12-13,16-19,22H,10-11,14-15H2,1-5H3. The molecule has 0 spiro atoms. The quantitative estimate of drug-likeness (QED) is 0.269. The average molecular weight is 491 g/mol. The maximum Gasteiger partial charge on any atom is 0.269 e. The van der Waals surface area contributed by atoms with Gasteiger partial charge >= 0.3 is 0 Å². The summed E-state index contributed by atoms with van der Waals surface area (Å²) < 4.78 is 1.93. The van der Waals surface area contributed by atoms with Gasteiger partial charge < -0.3 is 0 Å². The molecule has 2 aromatic carbocycles. The molecule has 0 N–H and O–H groups in total. The molecule has 0 saturated heterocycles. The molecule has 0 atom stereocenters. The van der Waals surface area contributed by atoms with E-state index in [0.717, 1.165) is 47.4 Å². The first-order valence-electron chi connectivity index (χ1n) is 12.3. The van der Waals surface area contributed by atoms with Gasteiger partial charge in [0.2, 0.25) is 4.80 Å². The van der Waals surface area contributed by atoms with Crippen LogP contribution in [-0.2, 0) is 0 Å². The fourth-order valence-electron chi connectivity index (χ4n) is 4.53. The van der Waals surface area contributed by atoms with Crippen molar-refractivity contribution < 1.29 is 4.92 Å². The molecule has 1 heterocycles. The number of nitro groups is 1. The van der Waals surface area contributed by atoms with E-state index in [1.165, 1.54) is 22.6 Å². The number of hydrogen-bond acceptors (Lipinski definition) is 5. The van der Waals surface area contributed by atoms with Crippen molar-refractivity contribution in [1.29, 1.82) is 0 Å². The first-order chi connectivity index (χ1) is 16.6. The van der Waals surface area contributed by atoms with Crippen LogP contribution in [-0.4, -0.2) is 15.3 Å². The molecule has 7 heteroatoms. The lowest BCUT2D eigenvalue weighted by Gasteiger charge is -2.34. The Morgan fingerprint density at radius 1 is 1.03 bits per heavy atom. The SMILES string of the molecule is CC(C)c1ccc(N=c2scc(-c3ccc([N+](=O)[O-])cc3)n2N=C2CCC(C(C)(C)C)CC2)cc1. The summed E-state index contributed by atoms with van der Waals surface area (Å²) >= 11 is 1.54. The molecule has 3 aromatic rings. The summed E-state index contributed by atoms with van der Waals surface area (Å²) in [5, 5.41) is 18.2. The first kappa shape index (κ1) is 25.0. The minimum Gasteiger partial charge on any atom is -0.258 e. The minimum atomic E-state index is -0.374. The maximum absolute atomic E-state index is 11.1. The van der Waals surface area contributed by atoms with Crippen molar-refractivity contribution in [2.75, 3.05) is 0 Å². The summed E-state index contributed by atoms with van der Waals surface area (Å²) in [6.45, 7) is 11.3. The molecule has 0 bridgehead atoms. The Morgan fingerprint density at radius 2 is 1.66 bits per heavy atom. The van der Waals surface area contributed by atoms with Crippen molar-refractivity contribution in [3.63, 3.8) is 0 Å². The third-order valence-electron chi connectivity index (χ3n) is 6.87. The van der Waals surface area contributed by atoms with E-state index >= 15 is 0 Å². The molecule has 0 radical (unpaired) electrons. The highest BCUT2D eigenvalue weighted by Gasteiger charge is 2.28. The molecule has 1 aromatic heterocycles. The highest BCUT2D eigenvalue weighted by molar-refractivity contribution is 7.07. The molecule has 1 aliphatic carbocycles. The van der Waals surface area contributed by atoms with Crippen molar-refractivity contribution in [1.82, 2.24) is 4.68 Å². The number of aromatic nitrogens is 1. The van der Waals surface area contributed by atoms with Crippen LogP contribution in [0.5, 0.6) is 0 Å². The van der Waals surface area contributed by atoms with Gasteiger partial charge in [-0.1, -0.05) is 46.8 Å². The Bertz CT molecular complexity index is 1270. The lowest BCUT2D eigenvalue weighted by Crippen LogP contribution is -2.26. The van der Waals surface area contributed by atoms with Crippen LogP contribution in [0, 0.1) is 21.4 Å². The van der Waals surface area contributed by atoms with Crippen molar-refractivity contribution in [3.8, 4) is 11.3 Å². The Balaban J connectivity index is 1.74. The largest absolute Gasteiger partial charge is 0.269 e. The summed E-state index contributed by atoms with van der Waals surface area (Å²) in [4.78, 5) is 16.5. The van der Waals surface area contributed by atoms with Crippen molar-refractivity contribution in [3.05, 3.63) is 74.4 Å². The zero-order valence-electron chi connectivity index (χ0n) is 21.2. The highest BCUT2D eigenvalue weighted by Crippen LogP contribution is 2.37. The molecule has 0 aliphatic heterocycles. The van der Waals surface area contributed by atoms with E-state index < -0.39 is 0 Å². The van der Waals surface area contributed by atoms with Gasteiger partial charge in [0, 0.05) is 28.8 Å². The molecule has 1 aliphatic rings. The lowest BCUT2D eigenvalue weighted by atomic mass is 9.72. The summed E-state index contributed by atoms with van der Waals surface area (Å²) in [6.07, 6.45) is 4.24. The second kappa shape index (κ2) is 10.3. The average Bonchev–Trinajstić information content (AvgIpc) is 3.21. The summed E-state index contributed by atoms with van der Waals surface area (Å²) in [6, 6.07) is 15.0. The fourth-order valence-corrected chi connectivity index (χ4v) is 5.38.